The van der Waals surface area contributed by atoms with Gasteiger partial charge in [0, 0.05) is 29.5 Å². The van der Waals surface area contributed by atoms with Gasteiger partial charge < -0.3 is 4.57 Å². The van der Waals surface area contributed by atoms with E-state index in [9.17, 15) is 4.79 Å². The maximum absolute atomic E-state index is 12.2. The number of nitrogens with one attached hydrogen (secondary N) is 1. The summed E-state index contributed by atoms with van der Waals surface area (Å²) < 4.78 is 2.94. The molecule has 3 aromatic heterocycles. The summed E-state index contributed by atoms with van der Waals surface area (Å²) in [5.41, 5.74) is 1.49. The van der Waals surface area contributed by atoms with Crippen molar-refractivity contribution in [3.63, 3.8) is 0 Å². The number of benzene rings is 1. The Hall–Kier alpha value is -2.51. The smallest absolute Gasteiger partial charge is 0.257 e. The van der Waals surface area contributed by atoms with Crippen LogP contribution >= 0.6 is 22.7 Å². The molecule has 1 aromatic carbocycles. The summed E-state index contributed by atoms with van der Waals surface area (Å²) in [5, 5.41) is 6.10. The van der Waals surface area contributed by atoms with Gasteiger partial charge in [0.2, 0.25) is 0 Å². The molecule has 0 aliphatic carbocycles. The van der Waals surface area contributed by atoms with Crippen molar-refractivity contribution in [2.45, 2.75) is 0 Å². The van der Waals surface area contributed by atoms with Crippen LogP contribution in [0.25, 0.3) is 15.3 Å². The van der Waals surface area contributed by atoms with E-state index < -0.39 is 0 Å². The maximum atomic E-state index is 12.2. The molecule has 3 heterocycles. The summed E-state index contributed by atoms with van der Waals surface area (Å²) in [7, 11) is 0. The lowest BCUT2D eigenvalue weighted by molar-refractivity contribution is 0.102. The van der Waals surface area contributed by atoms with Crippen LogP contribution in [0.4, 0.5) is 5.13 Å². The van der Waals surface area contributed by atoms with Gasteiger partial charge in [-0.25, -0.2) is 9.97 Å². The molecule has 4 rings (SSSR count). The van der Waals surface area contributed by atoms with Crippen LogP contribution in [-0.4, -0.2) is 20.4 Å². The number of carbonyl (C=O) groups is 1. The van der Waals surface area contributed by atoms with E-state index in [-0.39, 0.29) is 5.91 Å². The standard InChI is InChI=1S/C15H10N4OS2/c20-13(18-14-16-5-8-21-14)10-3-4-11-12(9-10)22-15(17-11)19-6-1-2-7-19/h1-9H,(H,16,18,20). The number of nitrogens with zero attached hydrogens (tertiary/aromatic N) is 3. The fraction of sp³-hybridized carbons (Fsp3) is 0. The first-order valence-electron chi connectivity index (χ1n) is 6.54. The molecule has 1 amide bonds. The lowest BCUT2D eigenvalue weighted by atomic mass is 10.2. The zero-order valence-corrected chi connectivity index (χ0v) is 12.9. The van der Waals surface area contributed by atoms with Crippen molar-refractivity contribution >= 4 is 43.9 Å². The van der Waals surface area contributed by atoms with Crippen LogP contribution in [0.15, 0.2) is 54.3 Å². The van der Waals surface area contributed by atoms with Crippen LogP contribution in [0, 0.1) is 0 Å². The summed E-state index contributed by atoms with van der Waals surface area (Å²) >= 11 is 2.95. The first-order valence-corrected chi connectivity index (χ1v) is 8.24. The summed E-state index contributed by atoms with van der Waals surface area (Å²) in [5.74, 6) is -0.159. The first-order chi connectivity index (χ1) is 10.8. The Kier molecular flexibility index (Phi) is 3.21. The molecular formula is C15H10N4OS2. The zero-order valence-electron chi connectivity index (χ0n) is 11.3. The minimum absolute atomic E-state index is 0.159. The zero-order chi connectivity index (χ0) is 14.9. The number of carbonyl (C=O) groups excluding carboxylic acids is 1. The van der Waals surface area contributed by atoms with Gasteiger partial charge in [0.05, 0.1) is 10.2 Å². The Morgan fingerprint density at radius 1 is 1.23 bits per heavy atom. The average molecular weight is 326 g/mol. The number of hydrogen-bond donors (Lipinski definition) is 1. The van der Waals surface area contributed by atoms with Gasteiger partial charge in [-0.3, -0.25) is 10.1 Å². The minimum Gasteiger partial charge on any atom is -0.300 e. The molecule has 0 unspecified atom stereocenters. The summed E-state index contributed by atoms with van der Waals surface area (Å²) in [6, 6.07) is 9.43. The molecule has 0 radical (unpaired) electrons. The van der Waals surface area contributed by atoms with Gasteiger partial charge in [-0.2, -0.15) is 0 Å². The number of amides is 1. The van der Waals surface area contributed by atoms with E-state index in [1.165, 1.54) is 11.3 Å². The van der Waals surface area contributed by atoms with E-state index in [2.05, 4.69) is 15.3 Å². The molecular weight excluding hydrogens is 316 g/mol. The molecule has 5 nitrogen and oxygen atoms in total. The Labute approximate surface area is 133 Å². The molecule has 22 heavy (non-hydrogen) atoms. The van der Waals surface area contributed by atoms with Crippen LogP contribution in [0.2, 0.25) is 0 Å². The number of rotatable bonds is 3. The van der Waals surface area contributed by atoms with Crippen molar-refractivity contribution in [3.05, 3.63) is 59.9 Å². The number of thiazole rings is 2. The van der Waals surface area contributed by atoms with Crippen LogP contribution in [0.1, 0.15) is 10.4 Å². The SMILES string of the molecule is O=C(Nc1nccs1)c1ccc2nc(-n3cccc3)sc2c1. The Morgan fingerprint density at radius 2 is 2.09 bits per heavy atom. The molecule has 1 N–H and O–H groups in total. The second-order valence-electron chi connectivity index (χ2n) is 4.56. The first kappa shape index (κ1) is 13.2. The second-order valence-corrected chi connectivity index (χ2v) is 6.46. The Balaban J connectivity index is 1.67. The molecule has 0 atom stereocenters. The number of hydrogen-bond acceptors (Lipinski definition) is 5. The molecule has 0 bridgehead atoms. The van der Waals surface area contributed by atoms with Crippen molar-refractivity contribution in [1.82, 2.24) is 14.5 Å². The van der Waals surface area contributed by atoms with Crippen LogP contribution < -0.4 is 5.32 Å². The highest BCUT2D eigenvalue weighted by molar-refractivity contribution is 7.20. The highest BCUT2D eigenvalue weighted by Crippen LogP contribution is 2.26. The number of anilines is 1. The predicted octanol–water partition coefficient (Wildman–Crippen LogP) is 3.80. The largest absolute Gasteiger partial charge is 0.300 e. The monoisotopic (exact) mass is 326 g/mol. The minimum atomic E-state index is -0.159. The fourth-order valence-corrected chi connectivity index (χ4v) is 3.58. The lowest BCUT2D eigenvalue weighted by Gasteiger charge is -2.01. The molecule has 7 heteroatoms. The van der Waals surface area contributed by atoms with Crippen molar-refractivity contribution in [3.8, 4) is 5.13 Å². The van der Waals surface area contributed by atoms with Gasteiger partial charge in [-0.1, -0.05) is 11.3 Å². The lowest BCUT2D eigenvalue weighted by Crippen LogP contribution is -2.11. The third kappa shape index (κ3) is 2.40. The van der Waals surface area contributed by atoms with Gasteiger partial charge in [-0.05, 0) is 30.3 Å². The highest BCUT2D eigenvalue weighted by Gasteiger charge is 2.11. The topological polar surface area (TPSA) is 59.8 Å². The van der Waals surface area contributed by atoms with Gasteiger partial charge in [0.1, 0.15) is 0 Å². The predicted molar refractivity (Wildman–Crippen MR) is 89.0 cm³/mol. The average Bonchev–Trinajstić information content (AvgIpc) is 3.26. The molecule has 0 fully saturated rings. The fourth-order valence-electron chi connectivity index (χ4n) is 2.08. The van der Waals surface area contributed by atoms with Gasteiger partial charge in [-0.15, -0.1) is 11.3 Å². The quantitative estimate of drug-likeness (QED) is 0.623. The third-order valence-electron chi connectivity index (χ3n) is 3.12. The molecule has 0 saturated heterocycles. The molecule has 108 valence electrons. The van der Waals surface area contributed by atoms with Crippen molar-refractivity contribution in [2.24, 2.45) is 0 Å². The van der Waals surface area contributed by atoms with E-state index in [1.54, 1.807) is 23.6 Å². The Morgan fingerprint density at radius 3 is 2.86 bits per heavy atom. The van der Waals surface area contributed by atoms with Gasteiger partial charge in [0.15, 0.2) is 10.3 Å². The molecule has 0 aliphatic heterocycles. The number of aromatic nitrogens is 3. The maximum Gasteiger partial charge on any atom is 0.257 e. The van der Waals surface area contributed by atoms with E-state index >= 15 is 0 Å². The Bertz CT molecular complexity index is 926. The van der Waals surface area contributed by atoms with Crippen molar-refractivity contribution < 1.29 is 4.79 Å². The normalized spacial score (nSPS) is 10.9. The van der Waals surface area contributed by atoms with E-state index in [4.69, 9.17) is 0 Å². The summed E-state index contributed by atoms with van der Waals surface area (Å²) in [4.78, 5) is 20.9. The van der Waals surface area contributed by atoms with E-state index in [0.29, 0.717) is 10.7 Å². The number of fused-ring (bicyclic) bond motifs is 1. The van der Waals surface area contributed by atoms with Gasteiger partial charge in [0.25, 0.3) is 5.91 Å². The second kappa shape index (κ2) is 5.36. The molecule has 4 aromatic rings. The van der Waals surface area contributed by atoms with Crippen molar-refractivity contribution in [1.29, 1.82) is 0 Å². The third-order valence-corrected chi connectivity index (χ3v) is 4.84. The van der Waals surface area contributed by atoms with E-state index in [1.807, 2.05) is 46.6 Å². The van der Waals surface area contributed by atoms with Crippen molar-refractivity contribution in [2.75, 3.05) is 5.32 Å². The highest BCUT2D eigenvalue weighted by atomic mass is 32.1. The van der Waals surface area contributed by atoms with Crippen LogP contribution in [0.5, 0.6) is 0 Å². The molecule has 0 saturated carbocycles. The summed E-state index contributed by atoms with van der Waals surface area (Å²) in [6.45, 7) is 0. The van der Waals surface area contributed by atoms with E-state index in [0.717, 1.165) is 15.3 Å². The molecule has 0 aliphatic rings. The van der Waals surface area contributed by atoms with Gasteiger partial charge >= 0.3 is 0 Å². The molecule has 0 spiro atoms. The van der Waals surface area contributed by atoms with Crippen LogP contribution in [-0.2, 0) is 0 Å². The summed E-state index contributed by atoms with van der Waals surface area (Å²) in [6.07, 6.45) is 5.57. The van der Waals surface area contributed by atoms with Crippen LogP contribution in [0.3, 0.4) is 0 Å².